The number of anilines is 1. The Kier molecular flexibility index (Phi) is 7.89. The molecule has 26 heavy (non-hydrogen) atoms. The quantitative estimate of drug-likeness (QED) is 0.718. The van der Waals surface area contributed by atoms with Gasteiger partial charge in [-0.3, -0.25) is 0 Å². The number of rotatable bonds is 8. The van der Waals surface area contributed by atoms with Gasteiger partial charge in [-0.15, -0.1) is 0 Å². The zero-order chi connectivity index (χ0) is 20.0. The van der Waals surface area contributed by atoms with Crippen LogP contribution in [0.2, 0.25) is 0 Å². The van der Waals surface area contributed by atoms with Gasteiger partial charge in [0.1, 0.15) is 5.60 Å². The molecule has 1 aromatic rings. The van der Waals surface area contributed by atoms with Gasteiger partial charge in [-0.1, -0.05) is 13.3 Å². The van der Waals surface area contributed by atoms with Crippen LogP contribution in [-0.2, 0) is 14.8 Å². The van der Waals surface area contributed by atoms with Gasteiger partial charge in [0.2, 0.25) is 10.0 Å². The summed E-state index contributed by atoms with van der Waals surface area (Å²) in [4.78, 5) is 13.8. The van der Waals surface area contributed by atoms with E-state index in [1.165, 1.54) is 0 Å². The van der Waals surface area contributed by atoms with E-state index in [4.69, 9.17) is 4.74 Å². The highest BCUT2D eigenvalue weighted by atomic mass is 32.2. The molecule has 0 radical (unpaired) electrons. The highest BCUT2D eigenvalue weighted by Gasteiger charge is 2.19. The maximum Gasteiger partial charge on any atom is 0.407 e. The number of amides is 1. The molecule has 0 spiro atoms. The van der Waals surface area contributed by atoms with Crippen LogP contribution < -0.4 is 14.9 Å². The Morgan fingerprint density at radius 3 is 2.19 bits per heavy atom. The minimum atomic E-state index is -3.59. The van der Waals surface area contributed by atoms with Crippen molar-refractivity contribution < 1.29 is 17.9 Å². The molecule has 1 rings (SSSR count). The van der Waals surface area contributed by atoms with Gasteiger partial charge in [-0.2, -0.15) is 0 Å². The van der Waals surface area contributed by atoms with Crippen LogP contribution in [0, 0.1) is 5.92 Å². The highest BCUT2D eigenvalue weighted by Crippen LogP contribution is 2.16. The first-order chi connectivity index (χ1) is 11.9. The van der Waals surface area contributed by atoms with Crippen LogP contribution in [0.1, 0.15) is 34.1 Å². The van der Waals surface area contributed by atoms with Crippen molar-refractivity contribution in [2.24, 2.45) is 5.92 Å². The molecule has 0 aliphatic heterocycles. The minimum absolute atomic E-state index is 0.0293. The van der Waals surface area contributed by atoms with Crippen LogP contribution >= 0.6 is 0 Å². The molecular weight excluding hydrogens is 354 g/mol. The summed E-state index contributed by atoms with van der Waals surface area (Å²) in [6.07, 6.45) is 0.218. The van der Waals surface area contributed by atoms with Crippen LogP contribution in [-0.4, -0.2) is 47.3 Å². The van der Waals surface area contributed by atoms with Crippen LogP contribution in [0.5, 0.6) is 0 Å². The van der Waals surface area contributed by atoms with E-state index in [2.05, 4.69) is 10.0 Å². The summed E-state index contributed by atoms with van der Waals surface area (Å²) in [5.74, 6) is -0.0293. The molecule has 0 aliphatic carbocycles. The van der Waals surface area contributed by atoms with E-state index in [0.717, 1.165) is 12.1 Å². The summed E-state index contributed by atoms with van der Waals surface area (Å²) >= 11 is 0. The van der Waals surface area contributed by atoms with Gasteiger partial charge in [0.05, 0.1) is 4.90 Å². The van der Waals surface area contributed by atoms with E-state index in [0.29, 0.717) is 6.54 Å². The summed E-state index contributed by atoms with van der Waals surface area (Å²) in [6, 6.07) is 6.68. The summed E-state index contributed by atoms with van der Waals surface area (Å²) in [5.41, 5.74) is 0.364. The molecule has 0 saturated heterocycles. The molecule has 0 bridgehead atoms. The van der Waals surface area contributed by atoms with Crippen LogP contribution in [0.15, 0.2) is 29.2 Å². The fourth-order valence-corrected chi connectivity index (χ4v) is 3.25. The predicted molar refractivity (Wildman–Crippen MR) is 104 cm³/mol. The first kappa shape index (κ1) is 22.2. The standard InChI is InChI=1S/C18H31N3O4S/c1-7-14(12-19-17(22)25-18(2,3)4)13-20-26(23,24)16-10-8-15(9-11-16)21(5)6/h8-11,14,20H,7,12-13H2,1-6H3,(H,19,22)/t14-/m1/s1. The number of sulfonamides is 1. The topological polar surface area (TPSA) is 87.7 Å². The molecule has 0 aliphatic rings. The van der Waals surface area contributed by atoms with Crippen molar-refractivity contribution in [1.29, 1.82) is 0 Å². The average molecular weight is 386 g/mol. The lowest BCUT2D eigenvalue weighted by molar-refractivity contribution is 0.0519. The summed E-state index contributed by atoms with van der Waals surface area (Å²) in [7, 11) is 0.200. The molecule has 1 amide bonds. The summed E-state index contributed by atoms with van der Waals surface area (Å²) < 4.78 is 32.6. The van der Waals surface area contributed by atoms with Crippen molar-refractivity contribution in [2.75, 3.05) is 32.1 Å². The van der Waals surface area contributed by atoms with Crippen LogP contribution in [0.4, 0.5) is 10.5 Å². The SMILES string of the molecule is CC[C@H](CNC(=O)OC(C)(C)C)CNS(=O)(=O)c1ccc(N(C)C)cc1. The molecule has 1 aromatic carbocycles. The van der Waals surface area contributed by atoms with Crippen molar-refractivity contribution in [2.45, 2.75) is 44.6 Å². The Morgan fingerprint density at radius 1 is 1.15 bits per heavy atom. The lowest BCUT2D eigenvalue weighted by Gasteiger charge is -2.21. The summed E-state index contributed by atoms with van der Waals surface area (Å²) in [6.45, 7) is 7.90. The zero-order valence-corrected chi connectivity index (χ0v) is 17.3. The number of hydrogen-bond donors (Lipinski definition) is 2. The highest BCUT2D eigenvalue weighted by molar-refractivity contribution is 7.89. The molecule has 0 fully saturated rings. The molecule has 0 aromatic heterocycles. The Morgan fingerprint density at radius 2 is 1.73 bits per heavy atom. The van der Waals surface area contributed by atoms with Crippen LogP contribution in [0.25, 0.3) is 0 Å². The number of benzene rings is 1. The van der Waals surface area contributed by atoms with Crippen molar-refractivity contribution in [1.82, 2.24) is 10.0 Å². The third-order valence-electron chi connectivity index (χ3n) is 3.74. The van der Waals surface area contributed by atoms with E-state index < -0.39 is 21.7 Å². The number of nitrogens with one attached hydrogen (secondary N) is 2. The van der Waals surface area contributed by atoms with E-state index in [1.54, 1.807) is 45.0 Å². The zero-order valence-electron chi connectivity index (χ0n) is 16.5. The fraction of sp³-hybridized carbons (Fsp3) is 0.611. The second kappa shape index (κ2) is 9.23. The molecule has 148 valence electrons. The molecule has 0 unspecified atom stereocenters. The Labute approximate surface area is 157 Å². The van der Waals surface area contributed by atoms with Crippen LogP contribution in [0.3, 0.4) is 0 Å². The lowest BCUT2D eigenvalue weighted by Crippen LogP contribution is -2.38. The second-order valence-corrected chi connectivity index (χ2v) is 9.16. The predicted octanol–water partition coefficient (Wildman–Crippen LogP) is 2.58. The number of nitrogens with zero attached hydrogens (tertiary/aromatic N) is 1. The van der Waals surface area contributed by atoms with E-state index >= 15 is 0 Å². The number of carbonyl (C=O) groups is 1. The molecule has 0 heterocycles. The number of hydrogen-bond acceptors (Lipinski definition) is 5. The first-order valence-electron chi connectivity index (χ1n) is 8.68. The Balaban J connectivity index is 2.59. The smallest absolute Gasteiger partial charge is 0.407 e. The van der Waals surface area contributed by atoms with Gasteiger partial charge >= 0.3 is 6.09 Å². The lowest BCUT2D eigenvalue weighted by atomic mass is 10.1. The number of alkyl carbamates (subject to hydrolysis) is 1. The summed E-state index contributed by atoms with van der Waals surface area (Å²) in [5, 5.41) is 2.68. The van der Waals surface area contributed by atoms with Gasteiger partial charge in [0.25, 0.3) is 0 Å². The van der Waals surface area contributed by atoms with Gasteiger partial charge in [-0.05, 0) is 51.0 Å². The van der Waals surface area contributed by atoms with Gasteiger partial charge in [0, 0.05) is 32.9 Å². The molecule has 7 nitrogen and oxygen atoms in total. The Hall–Kier alpha value is -1.80. The third kappa shape index (κ3) is 7.61. The monoisotopic (exact) mass is 385 g/mol. The average Bonchev–Trinajstić information content (AvgIpc) is 2.53. The second-order valence-electron chi connectivity index (χ2n) is 7.40. The van der Waals surface area contributed by atoms with Gasteiger partial charge < -0.3 is 15.0 Å². The molecule has 1 atom stereocenters. The maximum absolute atomic E-state index is 12.4. The van der Waals surface area contributed by atoms with Gasteiger partial charge in [-0.25, -0.2) is 17.9 Å². The minimum Gasteiger partial charge on any atom is -0.444 e. The van der Waals surface area contributed by atoms with Crippen molar-refractivity contribution in [3.05, 3.63) is 24.3 Å². The van der Waals surface area contributed by atoms with E-state index in [9.17, 15) is 13.2 Å². The number of ether oxygens (including phenoxy) is 1. The Bertz CT molecular complexity index is 679. The van der Waals surface area contributed by atoms with E-state index in [1.807, 2.05) is 25.9 Å². The van der Waals surface area contributed by atoms with E-state index in [-0.39, 0.29) is 17.4 Å². The van der Waals surface area contributed by atoms with Crippen molar-refractivity contribution >= 4 is 21.8 Å². The fourth-order valence-electron chi connectivity index (χ4n) is 2.14. The normalized spacial score (nSPS) is 13.2. The third-order valence-corrected chi connectivity index (χ3v) is 5.18. The largest absolute Gasteiger partial charge is 0.444 e. The van der Waals surface area contributed by atoms with Crippen molar-refractivity contribution in [3.63, 3.8) is 0 Å². The van der Waals surface area contributed by atoms with Gasteiger partial charge in [0.15, 0.2) is 0 Å². The molecule has 2 N–H and O–H groups in total. The molecular formula is C18H31N3O4S. The number of carbonyl (C=O) groups excluding carboxylic acids is 1. The molecule has 8 heteroatoms. The van der Waals surface area contributed by atoms with Crippen molar-refractivity contribution in [3.8, 4) is 0 Å². The first-order valence-corrected chi connectivity index (χ1v) is 10.2. The molecule has 0 saturated carbocycles. The maximum atomic E-state index is 12.4.